The molecule has 0 atom stereocenters. The maximum absolute atomic E-state index is 13.8. The SMILES string of the molecule is O=P(O)(O)C(F)(F)c1ccc(CSCc2cc(Br)cc(Br)c2)cc1Br. The molecule has 0 aromatic heterocycles. The number of hydrogen-bond donors (Lipinski definition) is 2. The van der Waals surface area contributed by atoms with Gasteiger partial charge in [-0.15, -0.1) is 0 Å². The molecule has 0 amide bonds. The standard InChI is InChI=1S/C15H12Br3F2O3PS/c16-11-3-10(4-12(17)6-11)8-25-7-9-1-2-13(14(18)5-9)15(19,20)24(21,22)23/h1-6H,7-8H2,(H2,21,22,23). The Labute approximate surface area is 173 Å². The number of rotatable bonds is 6. The summed E-state index contributed by atoms with van der Waals surface area (Å²) >= 11 is 11.4. The van der Waals surface area contributed by atoms with Crippen molar-refractivity contribution < 1.29 is 23.1 Å². The van der Waals surface area contributed by atoms with Crippen LogP contribution < -0.4 is 0 Å². The van der Waals surface area contributed by atoms with Gasteiger partial charge < -0.3 is 9.79 Å². The molecule has 0 radical (unpaired) electrons. The van der Waals surface area contributed by atoms with Gasteiger partial charge in [0.1, 0.15) is 0 Å². The van der Waals surface area contributed by atoms with E-state index in [1.165, 1.54) is 12.1 Å². The maximum atomic E-state index is 13.8. The van der Waals surface area contributed by atoms with Crippen LogP contribution in [0, 0.1) is 0 Å². The van der Waals surface area contributed by atoms with Crippen LogP contribution in [-0.4, -0.2) is 9.79 Å². The number of hydrogen-bond acceptors (Lipinski definition) is 2. The molecule has 2 N–H and O–H groups in total. The van der Waals surface area contributed by atoms with E-state index >= 15 is 0 Å². The first-order valence-corrected chi connectivity index (χ1v) is 11.9. The predicted molar refractivity (Wildman–Crippen MR) is 107 cm³/mol. The fourth-order valence-corrected chi connectivity index (χ4v) is 5.68. The van der Waals surface area contributed by atoms with Crippen LogP contribution in [0.4, 0.5) is 8.78 Å². The fraction of sp³-hybridized carbons (Fsp3) is 0.200. The normalized spacial score (nSPS) is 12.4. The molecule has 0 unspecified atom stereocenters. The molecule has 136 valence electrons. The molecule has 0 fully saturated rings. The summed E-state index contributed by atoms with van der Waals surface area (Å²) < 4.78 is 40.5. The lowest BCUT2D eigenvalue weighted by atomic mass is 10.1. The molecule has 10 heteroatoms. The molecule has 3 nitrogen and oxygen atoms in total. The summed E-state index contributed by atoms with van der Waals surface area (Å²) in [5.74, 6) is 1.31. The molecule has 0 aliphatic rings. The van der Waals surface area contributed by atoms with E-state index < -0.39 is 18.8 Å². The number of halogens is 5. The first-order valence-electron chi connectivity index (χ1n) is 6.76. The minimum atomic E-state index is -5.58. The van der Waals surface area contributed by atoms with Gasteiger partial charge in [-0.3, -0.25) is 4.57 Å². The zero-order valence-corrected chi connectivity index (χ0v) is 18.9. The fourth-order valence-electron chi connectivity index (χ4n) is 2.03. The van der Waals surface area contributed by atoms with Crippen LogP contribution in [0.1, 0.15) is 16.7 Å². The smallest absolute Gasteiger partial charge is 0.320 e. The van der Waals surface area contributed by atoms with Gasteiger partial charge >= 0.3 is 13.3 Å². The van der Waals surface area contributed by atoms with Crippen molar-refractivity contribution in [2.24, 2.45) is 0 Å². The van der Waals surface area contributed by atoms with Crippen molar-refractivity contribution in [1.82, 2.24) is 0 Å². The van der Waals surface area contributed by atoms with Crippen molar-refractivity contribution in [3.8, 4) is 0 Å². The minimum Gasteiger partial charge on any atom is -0.320 e. The molecule has 0 aliphatic carbocycles. The molecule has 0 spiro atoms. The Morgan fingerprint density at radius 3 is 2.04 bits per heavy atom. The summed E-state index contributed by atoms with van der Waals surface area (Å²) in [5, 5.41) is 0. The van der Waals surface area contributed by atoms with E-state index in [9.17, 15) is 13.3 Å². The van der Waals surface area contributed by atoms with E-state index in [1.807, 2.05) is 18.2 Å². The first-order chi connectivity index (χ1) is 11.5. The third kappa shape index (κ3) is 5.61. The van der Waals surface area contributed by atoms with Gasteiger partial charge in [0, 0.05) is 30.5 Å². The molecule has 0 bridgehead atoms. The van der Waals surface area contributed by atoms with E-state index in [0.29, 0.717) is 5.75 Å². The molecular formula is C15H12Br3F2O3PS. The second kappa shape index (κ2) is 8.50. The number of benzene rings is 2. The van der Waals surface area contributed by atoms with Gasteiger partial charge in [-0.2, -0.15) is 20.5 Å². The molecule has 2 aromatic rings. The molecule has 2 rings (SSSR count). The van der Waals surface area contributed by atoms with Crippen molar-refractivity contribution >= 4 is 67.1 Å². The second-order valence-electron chi connectivity index (χ2n) is 5.17. The molecule has 0 aliphatic heterocycles. The minimum absolute atomic E-state index is 0.0240. The highest BCUT2D eigenvalue weighted by Gasteiger charge is 2.51. The Balaban J connectivity index is 2.07. The van der Waals surface area contributed by atoms with Crippen molar-refractivity contribution in [2.75, 3.05) is 0 Å². The monoisotopic (exact) mass is 578 g/mol. The third-order valence-electron chi connectivity index (χ3n) is 3.18. The third-order valence-corrected chi connectivity index (χ3v) is 6.80. The summed E-state index contributed by atoms with van der Waals surface area (Å²) in [4.78, 5) is 17.7. The van der Waals surface area contributed by atoms with Gasteiger partial charge in [0.2, 0.25) is 0 Å². The maximum Gasteiger partial charge on any atom is 0.399 e. The van der Waals surface area contributed by atoms with Crippen LogP contribution >= 0.6 is 67.1 Å². The van der Waals surface area contributed by atoms with Crippen LogP contribution in [0.3, 0.4) is 0 Å². The summed E-state index contributed by atoms with van der Waals surface area (Å²) in [6.07, 6.45) is 0. The lowest BCUT2D eigenvalue weighted by Crippen LogP contribution is -2.14. The molecule has 0 saturated heterocycles. The van der Waals surface area contributed by atoms with Gasteiger partial charge in [0.25, 0.3) is 0 Å². The van der Waals surface area contributed by atoms with Crippen LogP contribution in [0.5, 0.6) is 0 Å². The van der Waals surface area contributed by atoms with E-state index in [-0.39, 0.29) is 4.47 Å². The van der Waals surface area contributed by atoms with Crippen LogP contribution in [0.2, 0.25) is 0 Å². The van der Waals surface area contributed by atoms with Gasteiger partial charge in [0.05, 0.1) is 0 Å². The average Bonchev–Trinajstić information content (AvgIpc) is 2.44. The second-order valence-corrected chi connectivity index (χ2v) is 10.5. The zero-order valence-electron chi connectivity index (χ0n) is 12.4. The summed E-state index contributed by atoms with van der Waals surface area (Å²) in [6, 6.07) is 9.89. The quantitative estimate of drug-likeness (QED) is 0.376. The van der Waals surface area contributed by atoms with E-state index in [2.05, 4.69) is 47.8 Å². The average molecular weight is 581 g/mol. The Morgan fingerprint density at radius 1 is 0.960 bits per heavy atom. The Kier molecular flexibility index (Phi) is 7.33. The topological polar surface area (TPSA) is 57.5 Å². The highest BCUT2D eigenvalue weighted by atomic mass is 79.9. The summed E-state index contributed by atoms with van der Waals surface area (Å²) in [7, 11) is -5.58. The van der Waals surface area contributed by atoms with Crippen molar-refractivity contribution in [3.05, 3.63) is 66.5 Å². The molecule has 0 saturated carbocycles. The van der Waals surface area contributed by atoms with Gasteiger partial charge in [-0.25, -0.2) is 0 Å². The molecule has 2 aromatic carbocycles. The van der Waals surface area contributed by atoms with E-state index in [1.54, 1.807) is 11.8 Å². The first kappa shape index (κ1) is 21.5. The lowest BCUT2D eigenvalue weighted by Gasteiger charge is -2.19. The van der Waals surface area contributed by atoms with Crippen LogP contribution in [-0.2, 0) is 21.7 Å². The van der Waals surface area contributed by atoms with Crippen LogP contribution in [0.25, 0.3) is 0 Å². The highest BCUT2D eigenvalue weighted by Crippen LogP contribution is 2.60. The largest absolute Gasteiger partial charge is 0.399 e. The van der Waals surface area contributed by atoms with E-state index in [0.717, 1.165) is 31.9 Å². The molecular weight excluding hydrogens is 569 g/mol. The Hall–Kier alpha value is 0.240. The van der Waals surface area contributed by atoms with Gasteiger partial charge in [-0.05, 0) is 35.4 Å². The predicted octanol–water partition coefficient (Wildman–Crippen LogP) is 6.63. The van der Waals surface area contributed by atoms with Crippen molar-refractivity contribution in [1.29, 1.82) is 0 Å². The van der Waals surface area contributed by atoms with Gasteiger partial charge in [0.15, 0.2) is 0 Å². The van der Waals surface area contributed by atoms with Crippen molar-refractivity contribution in [2.45, 2.75) is 17.2 Å². The Morgan fingerprint density at radius 2 is 1.52 bits per heavy atom. The zero-order chi connectivity index (χ0) is 18.8. The van der Waals surface area contributed by atoms with Crippen LogP contribution in [0.15, 0.2) is 49.8 Å². The molecule has 0 heterocycles. The Bertz CT molecular complexity index is 809. The van der Waals surface area contributed by atoms with Crippen molar-refractivity contribution in [3.63, 3.8) is 0 Å². The van der Waals surface area contributed by atoms with E-state index in [4.69, 9.17) is 9.79 Å². The molecule has 25 heavy (non-hydrogen) atoms. The number of alkyl halides is 2. The van der Waals surface area contributed by atoms with Gasteiger partial charge in [-0.1, -0.05) is 59.9 Å². The summed E-state index contributed by atoms with van der Waals surface area (Å²) in [5.41, 5.74) is -3.06. The number of thioether (sulfide) groups is 1. The summed E-state index contributed by atoms with van der Waals surface area (Å²) in [6.45, 7) is 0. The highest BCUT2D eigenvalue weighted by molar-refractivity contribution is 9.11. The lowest BCUT2D eigenvalue weighted by molar-refractivity contribution is 0.0557.